The normalized spacial score (nSPS) is 17.1. The Morgan fingerprint density at radius 3 is 2.50 bits per heavy atom. The monoisotopic (exact) mass is 247 g/mol. The van der Waals surface area contributed by atoms with Crippen molar-refractivity contribution in [2.24, 2.45) is 5.92 Å². The van der Waals surface area contributed by atoms with E-state index in [0.717, 1.165) is 11.1 Å². The zero-order chi connectivity index (χ0) is 13.3. The molecule has 1 aromatic carbocycles. The van der Waals surface area contributed by atoms with E-state index in [4.69, 9.17) is 5.11 Å². The third kappa shape index (κ3) is 2.40. The first-order chi connectivity index (χ1) is 8.47. The van der Waals surface area contributed by atoms with Crippen molar-refractivity contribution in [2.75, 3.05) is 5.32 Å². The van der Waals surface area contributed by atoms with Crippen LogP contribution in [0.2, 0.25) is 0 Å². The van der Waals surface area contributed by atoms with E-state index in [-0.39, 0.29) is 5.91 Å². The van der Waals surface area contributed by atoms with E-state index < -0.39 is 17.7 Å². The summed E-state index contributed by atoms with van der Waals surface area (Å²) in [5.74, 6) is -2.77. The Bertz CT molecular complexity index is 536. The van der Waals surface area contributed by atoms with Crippen LogP contribution in [0.1, 0.15) is 18.1 Å². The minimum Gasteiger partial charge on any atom is -0.475 e. The third-order valence-corrected chi connectivity index (χ3v) is 3.04. The Labute approximate surface area is 104 Å². The molecule has 5 nitrogen and oxygen atoms in total. The van der Waals surface area contributed by atoms with Gasteiger partial charge >= 0.3 is 5.97 Å². The number of rotatable bonds is 3. The molecule has 0 spiro atoms. The van der Waals surface area contributed by atoms with Crippen molar-refractivity contribution in [1.29, 1.82) is 0 Å². The van der Waals surface area contributed by atoms with Crippen molar-refractivity contribution < 1.29 is 19.5 Å². The number of nitrogens with one attached hydrogen (secondary N) is 1. The van der Waals surface area contributed by atoms with Crippen molar-refractivity contribution in [3.05, 3.63) is 29.3 Å². The second kappa shape index (κ2) is 4.60. The van der Waals surface area contributed by atoms with Crippen molar-refractivity contribution in [3.8, 4) is 0 Å². The van der Waals surface area contributed by atoms with Crippen molar-refractivity contribution in [1.82, 2.24) is 0 Å². The standard InChI is InChI=1S/C13H13NO4/c1-7(15)14-11-3-2-8-4-10(5-9(8)6-11)12(16)13(17)18/h2-3,6,10H,4-5H2,1H3,(H,14,15)(H,17,18). The van der Waals surface area contributed by atoms with E-state index in [9.17, 15) is 14.4 Å². The Morgan fingerprint density at radius 1 is 1.22 bits per heavy atom. The van der Waals surface area contributed by atoms with Gasteiger partial charge in [-0.15, -0.1) is 0 Å². The van der Waals surface area contributed by atoms with Gasteiger partial charge in [-0.3, -0.25) is 9.59 Å². The number of Topliss-reactive ketones (excluding diaryl/α,β-unsaturated/α-hetero) is 1. The number of aliphatic carboxylic acids is 1. The van der Waals surface area contributed by atoms with Gasteiger partial charge in [-0.2, -0.15) is 0 Å². The van der Waals surface area contributed by atoms with Crippen molar-refractivity contribution in [3.63, 3.8) is 0 Å². The molecule has 1 amide bonds. The first kappa shape index (κ1) is 12.3. The Morgan fingerprint density at radius 2 is 1.89 bits per heavy atom. The van der Waals surface area contributed by atoms with Crippen LogP contribution in [0.5, 0.6) is 0 Å². The number of hydrogen-bond acceptors (Lipinski definition) is 3. The molecule has 0 aromatic heterocycles. The molecule has 18 heavy (non-hydrogen) atoms. The summed E-state index contributed by atoms with van der Waals surface area (Å²) in [6, 6.07) is 5.38. The van der Waals surface area contributed by atoms with Gasteiger partial charge in [0, 0.05) is 18.5 Å². The molecule has 1 aliphatic rings. The lowest BCUT2D eigenvalue weighted by Gasteiger charge is -2.04. The van der Waals surface area contributed by atoms with E-state index >= 15 is 0 Å². The SMILES string of the molecule is CC(=O)Nc1ccc2c(c1)CC(C(=O)C(=O)O)C2. The number of hydrogen-bond donors (Lipinski definition) is 2. The molecular formula is C13H13NO4. The molecule has 0 aliphatic heterocycles. The zero-order valence-electron chi connectivity index (χ0n) is 9.90. The lowest BCUT2D eigenvalue weighted by Crippen LogP contribution is -2.23. The smallest absolute Gasteiger partial charge is 0.372 e. The molecule has 2 rings (SSSR count). The molecule has 0 radical (unpaired) electrons. The lowest BCUT2D eigenvalue weighted by molar-refractivity contribution is -0.150. The quantitative estimate of drug-likeness (QED) is 0.781. The average molecular weight is 247 g/mol. The maximum atomic E-state index is 11.4. The topological polar surface area (TPSA) is 83.5 Å². The van der Waals surface area contributed by atoms with E-state index in [0.29, 0.717) is 18.5 Å². The first-order valence-electron chi connectivity index (χ1n) is 5.64. The number of carbonyl (C=O) groups excluding carboxylic acids is 2. The molecule has 2 N–H and O–H groups in total. The van der Waals surface area contributed by atoms with E-state index in [2.05, 4.69) is 5.32 Å². The summed E-state index contributed by atoms with van der Waals surface area (Å²) in [7, 11) is 0. The van der Waals surface area contributed by atoms with Crippen molar-refractivity contribution >= 4 is 23.3 Å². The number of benzene rings is 1. The molecular weight excluding hydrogens is 234 g/mol. The highest BCUT2D eigenvalue weighted by molar-refractivity contribution is 6.33. The van der Waals surface area contributed by atoms with Crippen LogP contribution in [0.15, 0.2) is 18.2 Å². The van der Waals surface area contributed by atoms with Gasteiger partial charge in [0.2, 0.25) is 11.7 Å². The van der Waals surface area contributed by atoms with E-state index in [1.807, 2.05) is 6.07 Å². The Hall–Kier alpha value is -2.17. The lowest BCUT2D eigenvalue weighted by atomic mass is 10.0. The van der Waals surface area contributed by atoms with Gasteiger partial charge in [0.1, 0.15) is 0 Å². The molecule has 1 unspecified atom stereocenters. The summed E-state index contributed by atoms with van der Waals surface area (Å²) in [4.78, 5) is 33.0. The highest BCUT2D eigenvalue weighted by atomic mass is 16.4. The summed E-state index contributed by atoms with van der Waals surface area (Å²) in [6.45, 7) is 1.42. The van der Waals surface area contributed by atoms with Gasteiger partial charge in [-0.05, 0) is 36.1 Å². The number of carboxylic acid groups (broad SMARTS) is 1. The molecule has 5 heteroatoms. The molecule has 0 bridgehead atoms. The van der Waals surface area contributed by atoms with E-state index in [1.54, 1.807) is 12.1 Å². The average Bonchev–Trinajstić information content (AvgIpc) is 2.69. The minimum atomic E-state index is -1.38. The number of ketones is 1. The molecule has 0 heterocycles. The van der Waals surface area contributed by atoms with Gasteiger partial charge in [-0.1, -0.05) is 6.07 Å². The number of fused-ring (bicyclic) bond motifs is 1. The summed E-state index contributed by atoms with van der Waals surface area (Å²) >= 11 is 0. The summed E-state index contributed by atoms with van der Waals surface area (Å²) in [5.41, 5.74) is 2.58. The molecule has 0 saturated carbocycles. The largest absolute Gasteiger partial charge is 0.475 e. The van der Waals surface area contributed by atoms with Crippen LogP contribution in [0.3, 0.4) is 0 Å². The van der Waals surface area contributed by atoms with Crippen LogP contribution in [-0.2, 0) is 27.2 Å². The second-order valence-electron chi connectivity index (χ2n) is 4.44. The van der Waals surface area contributed by atoms with Crippen LogP contribution < -0.4 is 5.32 Å². The number of carbonyl (C=O) groups is 3. The molecule has 94 valence electrons. The maximum absolute atomic E-state index is 11.4. The maximum Gasteiger partial charge on any atom is 0.372 e. The summed E-state index contributed by atoms with van der Waals surface area (Å²) < 4.78 is 0. The summed E-state index contributed by atoms with van der Waals surface area (Å²) in [6.07, 6.45) is 0.884. The molecule has 0 saturated heterocycles. The minimum absolute atomic E-state index is 0.161. The second-order valence-corrected chi connectivity index (χ2v) is 4.44. The number of carboxylic acids is 1. The highest BCUT2D eigenvalue weighted by Crippen LogP contribution is 2.29. The Kier molecular flexibility index (Phi) is 3.14. The highest BCUT2D eigenvalue weighted by Gasteiger charge is 2.31. The molecule has 1 aliphatic carbocycles. The molecule has 1 aromatic rings. The summed E-state index contributed by atoms with van der Waals surface area (Å²) in [5, 5.41) is 11.3. The van der Waals surface area contributed by atoms with Crippen LogP contribution >= 0.6 is 0 Å². The Balaban J connectivity index is 2.17. The fraction of sp³-hybridized carbons (Fsp3) is 0.308. The van der Waals surface area contributed by atoms with Gasteiger partial charge in [0.15, 0.2) is 0 Å². The zero-order valence-corrected chi connectivity index (χ0v) is 9.90. The van der Waals surface area contributed by atoms with Crippen LogP contribution in [0.25, 0.3) is 0 Å². The fourth-order valence-electron chi connectivity index (χ4n) is 2.26. The first-order valence-corrected chi connectivity index (χ1v) is 5.64. The number of anilines is 1. The van der Waals surface area contributed by atoms with Crippen LogP contribution in [0, 0.1) is 5.92 Å². The third-order valence-electron chi connectivity index (χ3n) is 3.04. The van der Waals surface area contributed by atoms with Crippen LogP contribution in [-0.4, -0.2) is 22.8 Å². The van der Waals surface area contributed by atoms with Gasteiger partial charge in [0.25, 0.3) is 0 Å². The van der Waals surface area contributed by atoms with Gasteiger partial charge in [-0.25, -0.2) is 4.79 Å². The van der Waals surface area contributed by atoms with Gasteiger partial charge in [0.05, 0.1) is 0 Å². The number of amides is 1. The fourth-order valence-corrected chi connectivity index (χ4v) is 2.26. The van der Waals surface area contributed by atoms with Gasteiger partial charge < -0.3 is 10.4 Å². The predicted molar refractivity (Wildman–Crippen MR) is 64.3 cm³/mol. The van der Waals surface area contributed by atoms with Crippen molar-refractivity contribution in [2.45, 2.75) is 19.8 Å². The molecule has 0 fully saturated rings. The van der Waals surface area contributed by atoms with E-state index in [1.165, 1.54) is 6.92 Å². The molecule has 1 atom stereocenters. The van der Waals surface area contributed by atoms with Crippen LogP contribution in [0.4, 0.5) is 5.69 Å². The predicted octanol–water partition coefficient (Wildman–Crippen LogP) is 1.01.